The van der Waals surface area contributed by atoms with E-state index >= 15 is 0 Å². The van der Waals surface area contributed by atoms with E-state index in [0.717, 1.165) is 24.3 Å². The lowest BCUT2D eigenvalue weighted by Crippen LogP contribution is -2.39. The second-order valence-electron chi connectivity index (χ2n) is 6.80. The quantitative estimate of drug-likeness (QED) is 0.832. The summed E-state index contributed by atoms with van der Waals surface area (Å²) in [4.78, 5) is 14.4. The SMILES string of the molecule is O=C1CCN(CC2CCC3(CCCC3)O2)c2ccccc21. The number of fused-ring (bicyclic) bond motifs is 1. The van der Waals surface area contributed by atoms with Gasteiger partial charge in [0.1, 0.15) is 0 Å². The highest BCUT2D eigenvalue weighted by Crippen LogP contribution is 2.43. The van der Waals surface area contributed by atoms with Crippen LogP contribution in [0.5, 0.6) is 0 Å². The van der Waals surface area contributed by atoms with Crippen molar-refractivity contribution in [2.24, 2.45) is 0 Å². The molecule has 1 saturated heterocycles. The summed E-state index contributed by atoms with van der Waals surface area (Å²) in [6.07, 6.45) is 8.52. The summed E-state index contributed by atoms with van der Waals surface area (Å²) in [5, 5.41) is 0. The molecule has 2 aliphatic heterocycles. The van der Waals surface area contributed by atoms with Crippen LogP contribution >= 0.6 is 0 Å². The summed E-state index contributed by atoms with van der Waals surface area (Å²) in [7, 11) is 0. The van der Waals surface area contributed by atoms with Gasteiger partial charge in [0.15, 0.2) is 5.78 Å². The molecule has 1 saturated carbocycles. The Balaban J connectivity index is 1.49. The summed E-state index contributed by atoms with van der Waals surface area (Å²) in [5.74, 6) is 0.279. The van der Waals surface area contributed by atoms with Gasteiger partial charge in [-0.15, -0.1) is 0 Å². The standard InChI is InChI=1S/C18H23NO2/c20-17-8-12-19(16-6-2-1-5-15(16)17)13-14-7-11-18(21-14)9-3-4-10-18/h1-2,5-6,14H,3-4,7-13H2. The first-order chi connectivity index (χ1) is 10.3. The van der Waals surface area contributed by atoms with Crippen LogP contribution in [0.4, 0.5) is 5.69 Å². The topological polar surface area (TPSA) is 29.5 Å². The maximum Gasteiger partial charge on any atom is 0.166 e. The van der Waals surface area contributed by atoms with Crippen molar-refractivity contribution in [3.63, 3.8) is 0 Å². The van der Waals surface area contributed by atoms with Crippen LogP contribution in [0, 0.1) is 0 Å². The number of rotatable bonds is 2. The number of hydrogen-bond donors (Lipinski definition) is 0. The zero-order chi connectivity index (χ0) is 14.3. The molecule has 1 aliphatic carbocycles. The van der Waals surface area contributed by atoms with Crippen molar-refractivity contribution in [2.75, 3.05) is 18.0 Å². The number of anilines is 1. The predicted molar refractivity (Wildman–Crippen MR) is 82.9 cm³/mol. The Kier molecular flexibility index (Phi) is 3.26. The Hall–Kier alpha value is -1.35. The molecule has 0 aromatic heterocycles. The molecule has 0 radical (unpaired) electrons. The van der Waals surface area contributed by atoms with Crippen molar-refractivity contribution < 1.29 is 9.53 Å². The highest BCUT2D eigenvalue weighted by Gasteiger charge is 2.42. The largest absolute Gasteiger partial charge is 0.370 e. The number of carbonyl (C=O) groups is 1. The zero-order valence-corrected chi connectivity index (χ0v) is 12.5. The van der Waals surface area contributed by atoms with Gasteiger partial charge in [-0.3, -0.25) is 4.79 Å². The Morgan fingerprint density at radius 2 is 2.00 bits per heavy atom. The van der Waals surface area contributed by atoms with E-state index in [1.165, 1.54) is 38.5 Å². The van der Waals surface area contributed by atoms with E-state index in [-0.39, 0.29) is 11.4 Å². The van der Waals surface area contributed by atoms with Crippen LogP contribution in [0.1, 0.15) is 55.3 Å². The third-order valence-electron chi connectivity index (χ3n) is 5.43. The van der Waals surface area contributed by atoms with Crippen LogP contribution in [0.3, 0.4) is 0 Å². The van der Waals surface area contributed by atoms with Gasteiger partial charge in [-0.05, 0) is 37.8 Å². The van der Waals surface area contributed by atoms with Gasteiger partial charge >= 0.3 is 0 Å². The maximum atomic E-state index is 12.0. The minimum absolute atomic E-state index is 0.204. The fourth-order valence-corrected chi connectivity index (χ4v) is 4.32. The fraction of sp³-hybridized carbons (Fsp3) is 0.611. The minimum atomic E-state index is 0.204. The summed E-state index contributed by atoms with van der Waals surface area (Å²) in [6.45, 7) is 1.77. The molecule has 1 aromatic carbocycles. The van der Waals surface area contributed by atoms with E-state index in [2.05, 4.69) is 11.0 Å². The van der Waals surface area contributed by atoms with Crippen LogP contribution in [0.25, 0.3) is 0 Å². The third-order valence-corrected chi connectivity index (χ3v) is 5.43. The molecular formula is C18H23NO2. The number of ether oxygens (including phenoxy) is 1. The van der Waals surface area contributed by atoms with Crippen LogP contribution < -0.4 is 4.90 Å². The van der Waals surface area contributed by atoms with Crippen LogP contribution in [-0.2, 0) is 4.74 Å². The summed E-state index contributed by atoms with van der Waals surface area (Å²) in [5.41, 5.74) is 2.19. The first-order valence-electron chi connectivity index (χ1n) is 8.31. The molecule has 1 atom stereocenters. The zero-order valence-electron chi connectivity index (χ0n) is 12.5. The Morgan fingerprint density at radius 1 is 1.19 bits per heavy atom. The first kappa shape index (κ1) is 13.3. The summed E-state index contributed by atoms with van der Waals surface area (Å²) < 4.78 is 6.43. The Bertz CT molecular complexity index is 548. The van der Waals surface area contributed by atoms with Crippen molar-refractivity contribution in [3.8, 4) is 0 Å². The molecule has 0 amide bonds. The molecule has 4 rings (SSSR count). The Labute approximate surface area is 126 Å². The maximum absolute atomic E-state index is 12.0. The van der Waals surface area contributed by atoms with Gasteiger partial charge in [0.2, 0.25) is 0 Å². The molecule has 2 fully saturated rings. The highest BCUT2D eigenvalue weighted by atomic mass is 16.5. The molecule has 0 bridgehead atoms. The lowest BCUT2D eigenvalue weighted by atomic mass is 9.97. The van der Waals surface area contributed by atoms with Crippen LogP contribution in [0.15, 0.2) is 24.3 Å². The number of hydrogen-bond acceptors (Lipinski definition) is 3. The van der Waals surface area contributed by atoms with Gasteiger partial charge < -0.3 is 9.64 Å². The van der Waals surface area contributed by atoms with Gasteiger partial charge in [-0.2, -0.15) is 0 Å². The van der Waals surface area contributed by atoms with Crippen LogP contribution in [0.2, 0.25) is 0 Å². The van der Waals surface area contributed by atoms with E-state index in [0.29, 0.717) is 12.5 Å². The predicted octanol–water partition coefficient (Wildman–Crippen LogP) is 3.57. The van der Waals surface area contributed by atoms with Crippen molar-refractivity contribution in [1.29, 1.82) is 0 Å². The molecule has 1 unspecified atom stereocenters. The average molecular weight is 285 g/mol. The van der Waals surface area contributed by atoms with Crippen LogP contribution in [-0.4, -0.2) is 30.6 Å². The highest BCUT2D eigenvalue weighted by molar-refractivity contribution is 6.03. The van der Waals surface area contributed by atoms with Gasteiger partial charge in [-0.25, -0.2) is 0 Å². The number of benzene rings is 1. The number of carbonyl (C=O) groups excluding carboxylic acids is 1. The molecule has 2 heterocycles. The number of Topliss-reactive ketones (excluding diaryl/α,β-unsaturated/α-hetero) is 1. The van der Waals surface area contributed by atoms with Crippen molar-refractivity contribution >= 4 is 11.5 Å². The van der Waals surface area contributed by atoms with E-state index in [9.17, 15) is 4.79 Å². The van der Waals surface area contributed by atoms with Crippen molar-refractivity contribution in [3.05, 3.63) is 29.8 Å². The normalized spacial score (nSPS) is 27.3. The molecular weight excluding hydrogens is 262 g/mol. The lowest BCUT2D eigenvalue weighted by Gasteiger charge is -2.33. The van der Waals surface area contributed by atoms with Gasteiger partial charge in [0, 0.05) is 30.8 Å². The third kappa shape index (κ3) is 2.38. The van der Waals surface area contributed by atoms with E-state index < -0.39 is 0 Å². The molecule has 1 aromatic rings. The van der Waals surface area contributed by atoms with Crippen molar-refractivity contribution in [1.82, 2.24) is 0 Å². The van der Waals surface area contributed by atoms with Gasteiger partial charge in [0.25, 0.3) is 0 Å². The smallest absolute Gasteiger partial charge is 0.166 e. The summed E-state index contributed by atoms with van der Waals surface area (Å²) in [6, 6.07) is 8.02. The fourth-order valence-electron chi connectivity index (χ4n) is 4.32. The van der Waals surface area contributed by atoms with Gasteiger partial charge in [-0.1, -0.05) is 25.0 Å². The molecule has 21 heavy (non-hydrogen) atoms. The number of nitrogens with zero attached hydrogens (tertiary/aromatic N) is 1. The Morgan fingerprint density at radius 3 is 2.86 bits per heavy atom. The first-order valence-corrected chi connectivity index (χ1v) is 8.31. The second kappa shape index (κ2) is 5.13. The lowest BCUT2D eigenvalue weighted by molar-refractivity contribution is -0.0328. The molecule has 0 N–H and O–H groups in total. The summed E-state index contributed by atoms with van der Waals surface area (Å²) >= 11 is 0. The monoisotopic (exact) mass is 285 g/mol. The van der Waals surface area contributed by atoms with Gasteiger partial charge in [0.05, 0.1) is 11.7 Å². The molecule has 112 valence electrons. The van der Waals surface area contributed by atoms with Crippen molar-refractivity contribution in [2.45, 2.75) is 56.7 Å². The molecule has 1 spiro atoms. The molecule has 3 heteroatoms. The van der Waals surface area contributed by atoms with E-state index in [1.54, 1.807) is 0 Å². The molecule has 3 aliphatic rings. The number of para-hydroxylation sites is 1. The molecule has 3 nitrogen and oxygen atoms in total. The minimum Gasteiger partial charge on any atom is -0.370 e. The van der Waals surface area contributed by atoms with E-state index in [4.69, 9.17) is 4.74 Å². The van der Waals surface area contributed by atoms with E-state index in [1.807, 2.05) is 18.2 Å². The second-order valence-corrected chi connectivity index (χ2v) is 6.80. The number of ketones is 1. The average Bonchev–Trinajstić information content (AvgIpc) is 3.13.